The molecule has 27 heavy (non-hydrogen) atoms. The Morgan fingerprint density at radius 3 is 2.44 bits per heavy atom. The molecule has 0 saturated heterocycles. The van der Waals surface area contributed by atoms with Crippen LogP contribution in [0.3, 0.4) is 0 Å². The van der Waals surface area contributed by atoms with Crippen LogP contribution in [0.15, 0.2) is 59.9 Å². The Morgan fingerprint density at radius 2 is 1.81 bits per heavy atom. The fourth-order valence-corrected chi connectivity index (χ4v) is 2.87. The number of primary amides is 1. The van der Waals surface area contributed by atoms with Crippen LogP contribution in [-0.4, -0.2) is 41.3 Å². The van der Waals surface area contributed by atoms with Crippen molar-refractivity contribution in [2.75, 3.05) is 13.6 Å². The predicted octanol–water partition coefficient (Wildman–Crippen LogP) is 1.35. The topological polar surface area (TPSA) is 113 Å². The largest absolute Gasteiger partial charge is 0.503 e. The van der Waals surface area contributed by atoms with Gasteiger partial charge in [-0.15, -0.1) is 0 Å². The Kier molecular flexibility index (Phi) is 4.94. The number of amides is 3. The summed E-state index contributed by atoms with van der Waals surface area (Å²) >= 11 is 0. The molecule has 0 aromatic heterocycles. The first kappa shape index (κ1) is 18.2. The zero-order valence-corrected chi connectivity index (χ0v) is 14.7. The molecule has 7 heteroatoms. The fraction of sp³-hybridized carbons (Fsp3) is 0.150. The standard InChI is InChI=1S/C20H19N3O4/c1-23-11-16(17(24)20(23)27)19(26)22-10-12-4-2-5-13(8-12)14-6-3-7-15(9-14)18(21)25/h2-9,24H,10-11H2,1H3,(H2,21,25)(H,22,26). The fourth-order valence-electron chi connectivity index (χ4n) is 2.87. The smallest absolute Gasteiger partial charge is 0.289 e. The van der Waals surface area contributed by atoms with Crippen molar-refractivity contribution in [3.05, 3.63) is 71.0 Å². The van der Waals surface area contributed by atoms with Gasteiger partial charge in [0, 0.05) is 19.2 Å². The van der Waals surface area contributed by atoms with Gasteiger partial charge in [-0.1, -0.05) is 30.3 Å². The molecule has 138 valence electrons. The summed E-state index contributed by atoms with van der Waals surface area (Å²) in [5.41, 5.74) is 8.36. The van der Waals surface area contributed by atoms with Gasteiger partial charge in [-0.3, -0.25) is 14.4 Å². The van der Waals surface area contributed by atoms with Gasteiger partial charge < -0.3 is 21.1 Å². The van der Waals surface area contributed by atoms with E-state index in [0.717, 1.165) is 16.7 Å². The van der Waals surface area contributed by atoms with E-state index < -0.39 is 23.5 Å². The van der Waals surface area contributed by atoms with Gasteiger partial charge in [-0.25, -0.2) is 0 Å². The number of nitrogens with two attached hydrogens (primary N) is 1. The Hall–Kier alpha value is -3.61. The van der Waals surface area contributed by atoms with Crippen molar-refractivity contribution in [2.45, 2.75) is 6.54 Å². The first-order valence-electron chi connectivity index (χ1n) is 8.32. The van der Waals surface area contributed by atoms with E-state index in [0.29, 0.717) is 5.56 Å². The molecule has 0 bridgehead atoms. The van der Waals surface area contributed by atoms with Crippen molar-refractivity contribution in [3.63, 3.8) is 0 Å². The third-order valence-corrected chi connectivity index (χ3v) is 4.36. The summed E-state index contributed by atoms with van der Waals surface area (Å²) < 4.78 is 0. The number of hydrogen-bond acceptors (Lipinski definition) is 4. The van der Waals surface area contributed by atoms with Crippen LogP contribution in [0.25, 0.3) is 11.1 Å². The minimum absolute atomic E-state index is 0.0628. The van der Waals surface area contributed by atoms with Gasteiger partial charge in [-0.05, 0) is 34.9 Å². The molecule has 0 aliphatic carbocycles. The maximum atomic E-state index is 12.2. The van der Waals surface area contributed by atoms with Gasteiger partial charge in [0.05, 0.1) is 12.1 Å². The summed E-state index contributed by atoms with van der Waals surface area (Å²) in [6, 6.07) is 14.5. The van der Waals surface area contributed by atoms with Gasteiger partial charge in [0.2, 0.25) is 5.91 Å². The van der Waals surface area contributed by atoms with E-state index in [2.05, 4.69) is 5.32 Å². The quantitative estimate of drug-likeness (QED) is 0.742. The lowest BCUT2D eigenvalue weighted by Crippen LogP contribution is -2.27. The van der Waals surface area contributed by atoms with Crippen LogP contribution < -0.4 is 11.1 Å². The van der Waals surface area contributed by atoms with Crippen LogP contribution in [0.5, 0.6) is 0 Å². The van der Waals surface area contributed by atoms with E-state index in [4.69, 9.17) is 5.73 Å². The average Bonchev–Trinajstić information content (AvgIpc) is 2.94. The van der Waals surface area contributed by atoms with Crippen molar-refractivity contribution < 1.29 is 19.5 Å². The number of rotatable bonds is 5. The number of nitrogens with one attached hydrogen (secondary N) is 1. The minimum Gasteiger partial charge on any atom is -0.503 e. The molecule has 3 rings (SSSR count). The zero-order chi connectivity index (χ0) is 19.6. The molecule has 1 aliphatic heterocycles. The number of carbonyl (C=O) groups is 3. The van der Waals surface area contributed by atoms with Gasteiger partial charge in [0.1, 0.15) is 0 Å². The molecule has 1 heterocycles. The molecule has 0 unspecified atom stereocenters. The number of aliphatic hydroxyl groups is 1. The average molecular weight is 365 g/mol. The highest BCUT2D eigenvalue weighted by molar-refractivity contribution is 6.06. The van der Waals surface area contributed by atoms with Crippen LogP contribution in [0.4, 0.5) is 0 Å². The molecule has 2 aromatic rings. The third-order valence-electron chi connectivity index (χ3n) is 4.36. The van der Waals surface area contributed by atoms with Crippen molar-refractivity contribution >= 4 is 17.7 Å². The normalized spacial score (nSPS) is 13.8. The van der Waals surface area contributed by atoms with Crippen LogP contribution in [-0.2, 0) is 16.1 Å². The second kappa shape index (κ2) is 7.33. The number of benzene rings is 2. The summed E-state index contributed by atoms with van der Waals surface area (Å²) in [5.74, 6) is -2.04. The molecule has 4 N–H and O–H groups in total. The lowest BCUT2D eigenvalue weighted by atomic mass is 10.0. The highest BCUT2D eigenvalue weighted by atomic mass is 16.3. The number of aliphatic hydroxyl groups excluding tert-OH is 1. The van der Waals surface area contributed by atoms with Gasteiger partial charge in [0.25, 0.3) is 11.8 Å². The maximum Gasteiger partial charge on any atom is 0.289 e. The summed E-state index contributed by atoms with van der Waals surface area (Å²) in [7, 11) is 1.52. The molecule has 0 radical (unpaired) electrons. The minimum atomic E-state index is -0.559. The monoisotopic (exact) mass is 365 g/mol. The van der Waals surface area contributed by atoms with Crippen LogP contribution >= 0.6 is 0 Å². The Morgan fingerprint density at radius 1 is 1.15 bits per heavy atom. The third kappa shape index (κ3) is 3.82. The van der Waals surface area contributed by atoms with E-state index in [-0.39, 0.29) is 18.7 Å². The molecule has 3 amide bonds. The molecule has 2 aromatic carbocycles. The molecule has 0 fully saturated rings. The number of nitrogens with zero attached hydrogens (tertiary/aromatic N) is 1. The maximum absolute atomic E-state index is 12.2. The SMILES string of the molecule is CN1CC(C(=O)NCc2cccc(-c3cccc(C(N)=O)c3)c2)=C(O)C1=O. The highest BCUT2D eigenvalue weighted by Gasteiger charge is 2.31. The van der Waals surface area contributed by atoms with Crippen molar-refractivity contribution in [1.29, 1.82) is 0 Å². The molecule has 7 nitrogen and oxygen atoms in total. The van der Waals surface area contributed by atoms with Crippen LogP contribution in [0.1, 0.15) is 15.9 Å². The molecule has 0 atom stereocenters. The predicted molar refractivity (Wildman–Crippen MR) is 99.5 cm³/mol. The lowest BCUT2D eigenvalue weighted by Gasteiger charge is -2.10. The number of carbonyl (C=O) groups excluding carboxylic acids is 3. The van der Waals surface area contributed by atoms with Crippen LogP contribution in [0, 0.1) is 0 Å². The van der Waals surface area contributed by atoms with Gasteiger partial charge >= 0.3 is 0 Å². The van der Waals surface area contributed by atoms with Gasteiger partial charge in [-0.2, -0.15) is 0 Å². The van der Waals surface area contributed by atoms with E-state index in [1.165, 1.54) is 11.9 Å². The first-order chi connectivity index (χ1) is 12.9. The second-order valence-electron chi connectivity index (χ2n) is 6.32. The molecule has 0 saturated carbocycles. The Balaban J connectivity index is 1.73. The highest BCUT2D eigenvalue weighted by Crippen LogP contribution is 2.22. The van der Waals surface area contributed by atoms with Crippen molar-refractivity contribution in [1.82, 2.24) is 10.2 Å². The molecule has 1 aliphatic rings. The second-order valence-corrected chi connectivity index (χ2v) is 6.32. The molecule has 0 spiro atoms. The van der Waals surface area contributed by atoms with Crippen molar-refractivity contribution in [2.24, 2.45) is 5.73 Å². The van der Waals surface area contributed by atoms with Crippen molar-refractivity contribution in [3.8, 4) is 11.1 Å². The van der Waals surface area contributed by atoms with E-state index in [1.54, 1.807) is 18.2 Å². The lowest BCUT2D eigenvalue weighted by molar-refractivity contribution is -0.126. The Labute approximate surface area is 156 Å². The van der Waals surface area contributed by atoms with E-state index in [1.807, 2.05) is 30.3 Å². The zero-order valence-electron chi connectivity index (χ0n) is 14.7. The molecular formula is C20H19N3O4. The van der Waals surface area contributed by atoms with Gasteiger partial charge in [0.15, 0.2) is 5.76 Å². The van der Waals surface area contributed by atoms with Crippen LogP contribution in [0.2, 0.25) is 0 Å². The first-order valence-corrected chi connectivity index (χ1v) is 8.32. The summed E-state index contributed by atoms with van der Waals surface area (Å²) in [4.78, 5) is 36.4. The molecular weight excluding hydrogens is 346 g/mol. The summed E-state index contributed by atoms with van der Waals surface area (Å²) in [6.45, 7) is 0.313. The number of hydrogen-bond donors (Lipinski definition) is 3. The summed E-state index contributed by atoms with van der Waals surface area (Å²) in [6.07, 6.45) is 0. The van der Waals surface area contributed by atoms with E-state index in [9.17, 15) is 19.5 Å². The number of likely N-dealkylation sites (N-methyl/N-ethyl adjacent to an activating group) is 1. The Bertz CT molecular complexity index is 965. The van der Waals surface area contributed by atoms with E-state index >= 15 is 0 Å². The summed E-state index contributed by atoms with van der Waals surface area (Å²) in [5, 5.41) is 12.5.